The Kier molecular flexibility index (Phi) is 5.82. The third kappa shape index (κ3) is 4.42. The Morgan fingerprint density at radius 2 is 2.05 bits per heavy atom. The first-order chi connectivity index (χ1) is 9.35. The van der Waals surface area contributed by atoms with Crippen LogP contribution in [0.25, 0.3) is 0 Å². The Morgan fingerprint density at radius 1 is 1.40 bits per heavy atom. The van der Waals surface area contributed by atoms with Crippen LogP contribution in [0.15, 0.2) is 18.2 Å². The van der Waals surface area contributed by atoms with E-state index in [1.54, 1.807) is 18.2 Å². The van der Waals surface area contributed by atoms with Crippen LogP contribution in [0, 0.1) is 5.92 Å². The normalized spacial score (nSPS) is 12.6. The Bertz CT molecular complexity index is 458. The van der Waals surface area contributed by atoms with E-state index in [1.165, 1.54) is 7.11 Å². The molecule has 5 heteroatoms. The second-order valence-electron chi connectivity index (χ2n) is 5.55. The van der Waals surface area contributed by atoms with Crippen LogP contribution in [0.2, 0.25) is 0 Å². The molecule has 0 saturated heterocycles. The number of anilines is 1. The Labute approximate surface area is 121 Å². The average molecular weight is 279 g/mol. The van der Waals surface area contributed by atoms with Crippen LogP contribution >= 0.6 is 0 Å². The quantitative estimate of drug-likeness (QED) is 0.776. The fourth-order valence-electron chi connectivity index (χ4n) is 1.96. The number of carbonyl (C=O) groups excluding carboxylic acids is 1. The molecule has 5 nitrogen and oxygen atoms in total. The fourth-order valence-corrected chi connectivity index (χ4v) is 1.96. The molecule has 0 spiro atoms. The molecule has 0 aliphatic heterocycles. The Morgan fingerprint density at radius 3 is 2.55 bits per heavy atom. The molecule has 1 amide bonds. The van der Waals surface area contributed by atoms with E-state index in [0.717, 1.165) is 6.54 Å². The van der Waals surface area contributed by atoms with Gasteiger partial charge in [0, 0.05) is 24.3 Å². The van der Waals surface area contributed by atoms with Gasteiger partial charge in [0.15, 0.2) is 0 Å². The number of methoxy groups -OCH3 is 1. The number of nitrogens with one attached hydrogen (secondary N) is 1. The Hall–Kier alpha value is -1.75. The molecule has 0 aromatic heterocycles. The molecule has 3 N–H and O–H groups in total. The van der Waals surface area contributed by atoms with Gasteiger partial charge in [-0.05, 0) is 32.1 Å². The maximum atomic E-state index is 12.4. The predicted molar refractivity (Wildman–Crippen MR) is 82.1 cm³/mol. The maximum absolute atomic E-state index is 12.4. The van der Waals surface area contributed by atoms with E-state index in [0.29, 0.717) is 22.9 Å². The van der Waals surface area contributed by atoms with E-state index in [-0.39, 0.29) is 11.9 Å². The lowest BCUT2D eigenvalue weighted by Gasteiger charge is -2.26. The van der Waals surface area contributed by atoms with E-state index in [1.807, 2.05) is 14.1 Å². The number of nitrogens with two attached hydrogens (primary N) is 1. The van der Waals surface area contributed by atoms with Gasteiger partial charge in [-0.3, -0.25) is 4.79 Å². The second kappa shape index (κ2) is 7.14. The van der Waals surface area contributed by atoms with Crippen LogP contribution < -0.4 is 15.8 Å². The van der Waals surface area contributed by atoms with Gasteiger partial charge in [0.25, 0.3) is 5.91 Å². The first kappa shape index (κ1) is 16.3. The van der Waals surface area contributed by atoms with Gasteiger partial charge >= 0.3 is 0 Å². The minimum Gasteiger partial charge on any atom is -0.496 e. The van der Waals surface area contributed by atoms with Crippen molar-refractivity contribution in [2.24, 2.45) is 5.92 Å². The summed E-state index contributed by atoms with van der Waals surface area (Å²) in [6, 6.07) is 5.13. The van der Waals surface area contributed by atoms with Crippen LogP contribution in [0.5, 0.6) is 5.75 Å². The van der Waals surface area contributed by atoms with Gasteiger partial charge in [0.1, 0.15) is 5.75 Å². The predicted octanol–water partition coefficient (Wildman–Crippen LogP) is 1.59. The van der Waals surface area contributed by atoms with E-state index in [2.05, 4.69) is 24.1 Å². The van der Waals surface area contributed by atoms with Gasteiger partial charge in [0.2, 0.25) is 0 Å². The molecule has 0 heterocycles. The molecule has 0 aliphatic carbocycles. The van der Waals surface area contributed by atoms with E-state index in [4.69, 9.17) is 10.5 Å². The highest BCUT2D eigenvalue weighted by atomic mass is 16.5. The molecule has 0 bridgehead atoms. The lowest BCUT2D eigenvalue weighted by Crippen LogP contribution is -2.45. The van der Waals surface area contributed by atoms with Crippen molar-refractivity contribution in [1.82, 2.24) is 10.2 Å². The first-order valence-electron chi connectivity index (χ1n) is 6.74. The average Bonchev–Trinajstić information content (AvgIpc) is 2.36. The van der Waals surface area contributed by atoms with E-state index < -0.39 is 0 Å². The van der Waals surface area contributed by atoms with Gasteiger partial charge in [-0.25, -0.2) is 0 Å². The zero-order valence-corrected chi connectivity index (χ0v) is 12.9. The number of rotatable bonds is 6. The minimum atomic E-state index is -0.137. The summed E-state index contributed by atoms with van der Waals surface area (Å²) < 4.78 is 5.22. The van der Waals surface area contributed by atoms with E-state index in [9.17, 15) is 4.79 Å². The van der Waals surface area contributed by atoms with Gasteiger partial charge in [0.05, 0.1) is 12.7 Å². The molecule has 1 unspecified atom stereocenters. The number of ether oxygens (including phenoxy) is 1. The fraction of sp³-hybridized carbons (Fsp3) is 0.533. The van der Waals surface area contributed by atoms with Crippen molar-refractivity contribution >= 4 is 11.6 Å². The molecule has 20 heavy (non-hydrogen) atoms. The molecule has 1 rings (SSSR count). The van der Waals surface area contributed by atoms with Gasteiger partial charge in [-0.1, -0.05) is 13.8 Å². The van der Waals surface area contributed by atoms with Crippen molar-refractivity contribution in [1.29, 1.82) is 0 Å². The highest BCUT2D eigenvalue weighted by Crippen LogP contribution is 2.21. The lowest BCUT2D eigenvalue weighted by molar-refractivity contribution is 0.0913. The highest BCUT2D eigenvalue weighted by molar-refractivity contribution is 5.97. The Balaban J connectivity index is 2.89. The third-order valence-corrected chi connectivity index (χ3v) is 3.15. The molecule has 1 aromatic carbocycles. The number of carbonyl (C=O) groups is 1. The molecule has 1 aromatic rings. The number of amides is 1. The van der Waals surface area contributed by atoms with Crippen molar-refractivity contribution in [3.05, 3.63) is 23.8 Å². The molecule has 112 valence electrons. The second-order valence-corrected chi connectivity index (χ2v) is 5.55. The zero-order chi connectivity index (χ0) is 15.3. The molecule has 0 aliphatic rings. The number of hydrogen-bond donors (Lipinski definition) is 2. The topological polar surface area (TPSA) is 67.6 Å². The molecule has 0 radical (unpaired) electrons. The summed E-state index contributed by atoms with van der Waals surface area (Å²) in [5, 5.41) is 3.06. The van der Waals surface area contributed by atoms with Crippen LogP contribution in [-0.2, 0) is 0 Å². The monoisotopic (exact) mass is 279 g/mol. The number of nitrogens with zero attached hydrogens (tertiary/aromatic N) is 1. The summed E-state index contributed by atoms with van der Waals surface area (Å²) in [6.45, 7) is 4.98. The van der Waals surface area contributed by atoms with Crippen molar-refractivity contribution in [2.45, 2.75) is 19.9 Å². The molecular weight excluding hydrogens is 254 g/mol. The number of hydrogen-bond acceptors (Lipinski definition) is 4. The van der Waals surface area contributed by atoms with Gasteiger partial charge in [-0.2, -0.15) is 0 Å². The zero-order valence-electron chi connectivity index (χ0n) is 12.9. The lowest BCUT2D eigenvalue weighted by atomic mass is 10.0. The highest BCUT2D eigenvalue weighted by Gasteiger charge is 2.20. The minimum absolute atomic E-state index is 0.0831. The molecule has 1 atom stereocenters. The van der Waals surface area contributed by atoms with Crippen LogP contribution in [0.3, 0.4) is 0 Å². The summed E-state index contributed by atoms with van der Waals surface area (Å²) in [6.07, 6.45) is 0. The van der Waals surface area contributed by atoms with Crippen LogP contribution in [0.1, 0.15) is 24.2 Å². The van der Waals surface area contributed by atoms with Crippen molar-refractivity contribution < 1.29 is 9.53 Å². The van der Waals surface area contributed by atoms with Gasteiger partial charge < -0.3 is 20.7 Å². The maximum Gasteiger partial charge on any atom is 0.255 e. The smallest absolute Gasteiger partial charge is 0.255 e. The van der Waals surface area contributed by atoms with Crippen molar-refractivity contribution in [2.75, 3.05) is 33.5 Å². The number of likely N-dealkylation sites (N-methyl/N-ethyl adjacent to an activating group) is 1. The van der Waals surface area contributed by atoms with Crippen LogP contribution in [-0.4, -0.2) is 44.6 Å². The van der Waals surface area contributed by atoms with Gasteiger partial charge in [-0.15, -0.1) is 0 Å². The number of nitrogen functional groups attached to an aromatic ring is 1. The van der Waals surface area contributed by atoms with E-state index >= 15 is 0 Å². The summed E-state index contributed by atoms with van der Waals surface area (Å²) in [5.41, 5.74) is 6.78. The summed E-state index contributed by atoms with van der Waals surface area (Å²) >= 11 is 0. The largest absolute Gasteiger partial charge is 0.496 e. The number of benzene rings is 1. The standard InChI is InChI=1S/C15H25N3O2/c1-10(2)13(9-18(3)4)17-15(19)12-7-6-11(16)8-14(12)20-5/h6-8,10,13H,9,16H2,1-5H3,(H,17,19). The molecular formula is C15H25N3O2. The summed E-state index contributed by atoms with van der Waals surface area (Å²) in [7, 11) is 5.52. The van der Waals surface area contributed by atoms with Crippen LogP contribution in [0.4, 0.5) is 5.69 Å². The van der Waals surface area contributed by atoms with Crippen molar-refractivity contribution in [3.8, 4) is 5.75 Å². The molecule has 0 saturated carbocycles. The summed E-state index contributed by atoms with van der Waals surface area (Å²) in [4.78, 5) is 14.4. The first-order valence-corrected chi connectivity index (χ1v) is 6.74. The summed E-state index contributed by atoms with van der Waals surface area (Å²) in [5.74, 6) is 0.707. The van der Waals surface area contributed by atoms with Crippen molar-refractivity contribution in [3.63, 3.8) is 0 Å². The molecule has 0 fully saturated rings. The SMILES string of the molecule is COc1cc(N)ccc1C(=O)NC(CN(C)C)C(C)C. The third-order valence-electron chi connectivity index (χ3n) is 3.15.